The van der Waals surface area contributed by atoms with Crippen LogP contribution in [0.15, 0.2) is 71.5 Å². The van der Waals surface area contributed by atoms with Crippen LogP contribution in [0.2, 0.25) is 0 Å². The zero-order chi connectivity index (χ0) is 55.2. The summed E-state index contributed by atoms with van der Waals surface area (Å²) >= 11 is 0. The molecule has 2 fully saturated rings. The lowest BCUT2D eigenvalue weighted by Crippen LogP contribution is -2.27. The van der Waals surface area contributed by atoms with Gasteiger partial charge in [-0.05, 0) is 78.1 Å². The van der Waals surface area contributed by atoms with Crippen LogP contribution in [0.5, 0.6) is 0 Å². The molecule has 0 aromatic heterocycles. The molecule has 0 amide bonds. The average molecular weight is 1060 g/mol. The Morgan fingerprint density at radius 3 is 1.33 bits per heavy atom. The third-order valence-electron chi connectivity index (χ3n) is 15.9. The van der Waals surface area contributed by atoms with E-state index in [0.29, 0.717) is 45.5 Å². The van der Waals surface area contributed by atoms with Gasteiger partial charge < -0.3 is 32.6 Å². The van der Waals surface area contributed by atoms with Gasteiger partial charge in [-0.15, -0.1) is 0 Å². The highest BCUT2D eigenvalue weighted by Crippen LogP contribution is 2.41. The van der Waals surface area contributed by atoms with Gasteiger partial charge in [0.25, 0.3) is 0 Å². The molecule has 20 nitrogen and oxygen atoms in total. The van der Waals surface area contributed by atoms with Crippen molar-refractivity contribution in [3.05, 3.63) is 0 Å². The first-order valence-electron chi connectivity index (χ1n) is 29.7. The van der Waals surface area contributed by atoms with Crippen molar-refractivity contribution in [3.8, 4) is 0 Å². The molecule has 10 aliphatic heterocycles. The van der Waals surface area contributed by atoms with Crippen molar-refractivity contribution in [2.75, 3.05) is 85.1 Å². The summed E-state index contributed by atoms with van der Waals surface area (Å²) in [6.45, 7) is 36.7. The van der Waals surface area contributed by atoms with Crippen molar-refractivity contribution in [1.29, 1.82) is 0 Å². The van der Waals surface area contributed by atoms with E-state index >= 15 is 0 Å². The van der Waals surface area contributed by atoms with Gasteiger partial charge in [0.1, 0.15) is 0 Å². The molecule has 20 heteroatoms. The largest absolute Gasteiger partial charge is 0.310 e. The molecule has 12 aliphatic rings. The van der Waals surface area contributed by atoms with Crippen molar-refractivity contribution >= 4 is 35.8 Å². The molecule has 10 heterocycles. The van der Waals surface area contributed by atoms with Gasteiger partial charge in [-0.25, -0.2) is 0 Å². The van der Waals surface area contributed by atoms with Crippen LogP contribution in [0.1, 0.15) is 192 Å². The first kappa shape index (κ1) is 65.5. The molecule has 0 bridgehead atoms. The van der Waals surface area contributed by atoms with Gasteiger partial charge in [-0.2, -0.15) is 71.5 Å². The summed E-state index contributed by atoms with van der Waals surface area (Å²) in [4.78, 5) is 0. The Morgan fingerprint density at radius 1 is 0.526 bits per heavy atom. The van der Waals surface area contributed by atoms with Crippen LogP contribution in [-0.2, 0) is 0 Å². The number of nitrogens with zero attached hydrogens (tertiary/aromatic N) is 14. The lowest BCUT2D eigenvalue weighted by atomic mass is 9.75. The molecule has 76 heavy (non-hydrogen) atoms. The minimum atomic E-state index is 0.361. The van der Waals surface area contributed by atoms with Gasteiger partial charge in [0.05, 0.1) is 52.4 Å². The highest BCUT2D eigenvalue weighted by atomic mass is 15.3. The normalized spacial score (nSPS) is 26.3. The van der Waals surface area contributed by atoms with Crippen molar-refractivity contribution in [2.45, 2.75) is 198 Å². The van der Waals surface area contributed by atoms with E-state index in [2.05, 4.69) is 173 Å². The maximum Gasteiger partial charge on any atom is 0.0673 e. The molecule has 432 valence electrons. The second kappa shape index (κ2) is 37.9. The van der Waals surface area contributed by atoms with Crippen LogP contribution < -0.4 is 32.6 Å². The second-order valence-electron chi connectivity index (χ2n) is 23.2. The Morgan fingerprint density at radius 2 is 1.07 bits per heavy atom. The van der Waals surface area contributed by atoms with Crippen molar-refractivity contribution < 1.29 is 0 Å². The van der Waals surface area contributed by atoms with Gasteiger partial charge in [0.2, 0.25) is 0 Å². The van der Waals surface area contributed by atoms with Crippen LogP contribution in [0.4, 0.5) is 0 Å². The molecule has 0 aromatic rings. The highest BCUT2D eigenvalue weighted by Gasteiger charge is 2.36. The van der Waals surface area contributed by atoms with Gasteiger partial charge in [-0.1, -0.05) is 94.4 Å². The maximum atomic E-state index is 4.09. The fraction of sp³-hybridized carbons (Fsp3) is 0.893. The SMILES string of the molecule is C1CCC2(C1)CN=NC2.C1CCC2(CC1)CN=NC2.CC1(C)CN=NC1.CC1=NNCC1.CC1C=NNC1.CCC1(CC)CN=NC1.CCC1=NNCC1.CCC1C=NNC1.CCC1CC=NN1.CCC1CNN=C1C. The van der Waals surface area contributed by atoms with E-state index in [1.165, 1.54) is 107 Å². The summed E-state index contributed by atoms with van der Waals surface area (Å²) in [5.41, 5.74) is 23.1. The van der Waals surface area contributed by atoms with E-state index in [0.717, 1.165) is 111 Å². The Kier molecular flexibility index (Phi) is 32.7. The summed E-state index contributed by atoms with van der Waals surface area (Å²) in [5.74, 6) is 2.04. The molecule has 4 atom stereocenters. The Hall–Kier alpha value is -4.78. The molecule has 12 rings (SSSR count). The van der Waals surface area contributed by atoms with E-state index in [-0.39, 0.29) is 0 Å². The van der Waals surface area contributed by atoms with Crippen LogP contribution in [0.25, 0.3) is 0 Å². The quantitative estimate of drug-likeness (QED) is 0.151. The number of hydrogen-bond acceptors (Lipinski definition) is 20. The van der Waals surface area contributed by atoms with Crippen LogP contribution in [0, 0.1) is 39.4 Å². The second-order valence-corrected chi connectivity index (χ2v) is 23.2. The van der Waals surface area contributed by atoms with E-state index in [4.69, 9.17) is 0 Å². The monoisotopic (exact) mass is 1060 g/mol. The summed E-state index contributed by atoms with van der Waals surface area (Å²) in [6.07, 6.45) is 28.9. The number of azo groups is 4. The molecule has 6 N–H and O–H groups in total. The highest BCUT2D eigenvalue weighted by molar-refractivity contribution is 5.85. The first-order valence-corrected chi connectivity index (χ1v) is 29.7. The van der Waals surface area contributed by atoms with E-state index in [1.807, 2.05) is 25.6 Å². The minimum absolute atomic E-state index is 0.361. The Balaban J connectivity index is 0.000000223. The number of nitrogens with one attached hydrogen (secondary N) is 6. The van der Waals surface area contributed by atoms with Gasteiger partial charge in [0.15, 0.2) is 0 Å². The molecule has 0 radical (unpaired) electrons. The predicted octanol–water partition coefficient (Wildman–Crippen LogP) is 11.8. The fourth-order valence-electron chi connectivity index (χ4n) is 9.47. The predicted molar refractivity (Wildman–Crippen MR) is 319 cm³/mol. The van der Waals surface area contributed by atoms with Gasteiger partial charge in [-0.3, -0.25) is 0 Å². The van der Waals surface area contributed by atoms with Gasteiger partial charge >= 0.3 is 0 Å². The molecule has 2 aliphatic carbocycles. The number of hydrazone groups is 6. The Bertz CT molecular complexity index is 1790. The fourth-order valence-corrected chi connectivity index (χ4v) is 9.47. The molecule has 4 unspecified atom stereocenters. The summed E-state index contributed by atoms with van der Waals surface area (Å²) in [7, 11) is 0. The number of hydrogen-bond donors (Lipinski definition) is 6. The third kappa shape index (κ3) is 27.0. The lowest BCUT2D eigenvalue weighted by molar-refractivity contribution is 0.231. The Labute approximate surface area is 460 Å². The van der Waals surface area contributed by atoms with Gasteiger partial charge in [0, 0.05) is 133 Å². The third-order valence-corrected chi connectivity index (χ3v) is 15.9. The number of rotatable bonds is 6. The molecule has 0 aromatic carbocycles. The average Bonchev–Trinajstić information content (AvgIpc) is 4.26. The standard InChI is InChI=1S/C8H14N2.C7H12N2.C7H14N2.C6H12N2.4C5H10N2.2C4H8N2/c1-2-4-8(5-3-1)6-9-10-7-8;1-2-4-7(3-1)5-8-9-6-7;1-3-7(4-2)5-8-9-6-7;1-3-6-4-7-8-5(6)2;1-5(2)3-6-7-4-5;1-2-5-3-6-7-4-5;2*1-2-5-3-4-6-7-5;1-4-2-5-6-3-4;1-4-2-3-5-6-4/h1-7H2;1-6H2;3-6H2,1-2H3;6-7H,3-4H2,1-2H3;3-4H2,1-2H3;3,5,7H,2,4H2,1H3;6H,2-4H2,1H3;4-5,7H,2-3H2,1H3;2,4,6H,3H2,1H3;5H,2-3H2,1H3. The van der Waals surface area contributed by atoms with Crippen LogP contribution in [-0.4, -0.2) is 127 Å². The maximum absolute atomic E-state index is 4.09. The molecular formula is C56H108N20. The van der Waals surface area contributed by atoms with Crippen LogP contribution >= 0.6 is 0 Å². The smallest absolute Gasteiger partial charge is 0.0673 e. The van der Waals surface area contributed by atoms with Crippen molar-refractivity contribution in [3.63, 3.8) is 0 Å². The summed E-state index contributed by atoms with van der Waals surface area (Å²) in [5, 5.41) is 55.5. The zero-order valence-corrected chi connectivity index (χ0v) is 49.7. The zero-order valence-electron chi connectivity index (χ0n) is 49.7. The van der Waals surface area contributed by atoms with E-state index in [1.54, 1.807) is 0 Å². The van der Waals surface area contributed by atoms with E-state index < -0.39 is 0 Å². The molecule has 2 saturated carbocycles. The summed E-state index contributed by atoms with van der Waals surface area (Å²) in [6, 6.07) is 0.625. The van der Waals surface area contributed by atoms with E-state index in [9.17, 15) is 0 Å². The summed E-state index contributed by atoms with van der Waals surface area (Å²) < 4.78 is 0. The van der Waals surface area contributed by atoms with Crippen LogP contribution in [0.3, 0.4) is 0 Å². The minimum Gasteiger partial charge on any atom is -0.310 e. The molecule has 0 saturated heterocycles. The van der Waals surface area contributed by atoms with Crippen molar-refractivity contribution in [2.24, 2.45) is 111 Å². The molecule has 2 spiro atoms. The molecular weight excluding hydrogens is 953 g/mol. The van der Waals surface area contributed by atoms with Crippen molar-refractivity contribution in [1.82, 2.24) is 32.6 Å². The lowest BCUT2D eigenvalue weighted by Gasteiger charge is -2.30. The first-order chi connectivity index (χ1) is 36.8. The topological polar surface area (TPSA) is 245 Å².